The van der Waals surface area contributed by atoms with E-state index in [2.05, 4.69) is 5.10 Å². The number of nitro groups is 1. The van der Waals surface area contributed by atoms with Gasteiger partial charge in [-0.05, 0) is 0 Å². The predicted molar refractivity (Wildman–Crippen MR) is 55.1 cm³/mol. The van der Waals surface area contributed by atoms with Crippen LogP contribution in [0.3, 0.4) is 0 Å². The highest BCUT2D eigenvalue weighted by molar-refractivity contribution is 5.33. The molecule has 17 heavy (non-hydrogen) atoms. The average Bonchev–Trinajstić information content (AvgIpc) is 2.71. The SMILES string of the molecule is Cn1ncc([N+](=O)[O-])c1[C@H]1OC[C@H](CO)CO1. The molecule has 0 spiro atoms. The van der Waals surface area contributed by atoms with E-state index in [1.165, 1.54) is 10.9 Å². The molecule has 94 valence electrons. The Morgan fingerprint density at radius 1 is 1.65 bits per heavy atom. The highest BCUT2D eigenvalue weighted by Crippen LogP contribution is 2.30. The third kappa shape index (κ3) is 2.28. The predicted octanol–water partition coefficient (Wildman–Crippen LogP) is -0.0178. The van der Waals surface area contributed by atoms with Crippen molar-refractivity contribution >= 4 is 5.69 Å². The van der Waals surface area contributed by atoms with E-state index in [1.54, 1.807) is 7.05 Å². The maximum absolute atomic E-state index is 10.8. The lowest BCUT2D eigenvalue weighted by Crippen LogP contribution is -2.30. The van der Waals surface area contributed by atoms with Gasteiger partial charge in [-0.25, -0.2) is 0 Å². The van der Waals surface area contributed by atoms with E-state index in [1.807, 2.05) is 0 Å². The van der Waals surface area contributed by atoms with Crippen LogP contribution in [-0.4, -0.2) is 39.6 Å². The maximum Gasteiger partial charge on any atom is 0.315 e. The van der Waals surface area contributed by atoms with E-state index >= 15 is 0 Å². The third-order valence-electron chi connectivity index (χ3n) is 2.61. The minimum atomic E-state index is -0.800. The van der Waals surface area contributed by atoms with Crippen LogP contribution in [0.4, 0.5) is 5.69 Å². The van der Waals surface area contributed by atoms with Gasteiger partial charge in [0.05, 0.1) is 24.7 Å². The van der Waals surface area contributed by atoms with Crippen molar-refractivity contribution in [1.29, 1.82) is 0 Å². The summed E-state index contributed by atoms with van der Waals surface area (Å²) < 4.78 is 12.1. The second-order valence-electron chi connectivity index (χ2n) is 3.84. The van der Waals surface area contributed by atoms with Gasteiger partial charge in [-0.1, -0.05) is 0 Å². The van der Waals surface area contributed by atoms with Gasteiger partial charge in [0.1, 0.15) is 6.20 Å². The number of nitrogens with zero attached hydrogens (tertiary/aromatic N) is 3. The summed E-state index contributed by atoms with van der Waals surface area (Å²) in [5.41, 5.74) is 0.159. The monoisotopic (exact) mass is 243 g/mol. The number of aliphatic hydroxyl groups excluding tert-OH is 1. The van der Waals surface area contributed by atoms with Gasteiger partial charge in [0.25, 0.3) is 0 Å². The molecule has 1 saturated heterocycles. The topological polar surface area (TPSA) is 99.7 Å². The molecule has 0 atom stereocenters. The highest BCUT2D eigenvalue weighted by Gasteiger charge is 2.32. The van der Waals surface area contributed by atoms with Crippen molar-refractivity contribution in [3.8, 4) is 0 Å². The molecule has 1 aliphatic rings. The summed E-state index contributed by atoms with van der Waals surface area (Å²) in [5.74, 6) is -0.0847. The van der Waals surface area contributed by atoms with Gasteiger partial charge in [-0.3, -0.25) is 14.8 Å². The van der Waals surface area contributed by atoms with Gasteiger partial charge in [-0.2, -0.15) is 5.10 Å². The lowest BCUT2D eigenvalue weighted by atomic mass is 10.2. The van der Waals surface area contributed by atoms with E-state index in [0.717, 1.165) is 0 Å². The number of aryl methyl sites for hydroxylation is 1. The molecule has 1 aliphatic heterocycles. The Labute approximate surface area is 96.9 Å². The molecular weight excluding hydrogens is 230 g/mol. The number of aliphatic hydroxyl groups is 1. The zero-order chi connectivity index (χ0) is 12.4. The zero-order valence-electron chi connectivity index (χ0n) is 9.28. The van der Waals surface area contributed by atoms with Crippen LogP contribution >= 0.6 is 0 Å². The Morgan fingerprint density at radius 2 is 2.29 bits per heavy atom. The van der Waals surface area contributed by atoms with Crippen LogP contribution in [0.2, 0.25) is 0 Å². The molecule has 0 bridgehead atoms. The van der Waals surface area contributed by atoms with E-state index in [0.29, 0.717) is 13.2 Å². The normalized spacial score (nSPS) is 24.8. The number of hydrogen-bond acceptors (Lipinski definition) is 6. The quantitative estimate of drug-likeness (QED) is 0.591. The van der Waals surface area contributed by atoms with Crippen LogP contribution in [-0.2, 0) is 16.5 Å². The summed E-state index contributed by atoms with van der Waals surface area (Å²) in [6.07, 6.45) is 0.367. The molecule has 8 nitrogen and oxygen atoms in total. The largest absolute Gasteiger partial charge is 0.396 e. The Hall–Kier alpha value is -1.51. The number of aromatic nitrogens is 2. The fourth-order valence-electron chi connectivity index (χ4n) is 1.66. The first-order valence-corrected chi connectivity index (χ1v) is 5.13. The standard InChI is InChI=1S/C9H13N3O5/c1-11-8(7(2-10-11)12(14)15)9-16-4-6(3-13)5-17-9/h2,6,9,13H,3-5H2,1H3/t6-,9-. The molecule has 0 saturated carbocycles. The minimum Gasteiger partial charge on any atom is -0.396 e. The van der Waals surface area contributed by atoms with Crippen LogP contribution < -0.4 is 0 Å². The number of rotatable bonds is 3. The van der Waals surface area contributed by atoms with Crippen LogP contribution in [0.15, 0.2) is 6.20 Å². The van der Waals surface area contributed by atoms with Crippen LogP contribution in [0.5, 0.6) is 0 Å². The molecule has 2 heterocycles. The van der Waals surface area contributed by atoms with Crippen LogP contribution in [0.25, 0.3) is 0 Å². The van der Waals surface area contributed by atoms with Crippen molar-refractivity contribution in [2.75, 3.05) is 19.8 Å². The van der Waals surface area contributed by atoms with Gasteiger partial charge in [0.2, 0.25) is 6.29 Å². The molecule has 0 radical (unpaired) electrons. The first-order chi connectivity index (χ1) is 8.13. The Morgan fingerprint density at radius 3 is 2.82 bits per heavy atom. The summed E-state index contributed by atoms with van der Waals surface area (Å²) in [4.78, 5) is 10.3. The molecule has 2 rings (SSSR count). The van der Waals surface area contributed by atoms with E-state index in [-0.39, 0.29) is 23.9 Å². The van der Waals surface area contributed by atoms with Crippen molar-refractivity contribution < 1.29 is 19.5 Å². The first kappa shape index (κ1) is 12.0. The Balaban J connectivity index is 2.18. The summed E-state index contributed by atoms with van der Waals surface area (Å²) in [6.45, 7) is 0.590. The summed E-state index contributed by atoms with van der Waals surface area (Å²) in [5, 5.41) is 23.5. The summed E-state index contributed by atoms with van der Waals surface area (Å²) >= 11 is 0. The average molecular weight is 243 g/mol. The molecule has 0 amide bonds. The van der Waals surface area contributed by atoms with E-state index < -0.39 is 11.2 Å². The summed E-state index contributed by atoms with van der Waals surface area (Å²) in [6, 6.07) is 0. The lowest BCUT2D eigenvalue weighted by molar-refractivity contribution is -0.387. The Bertz CT molecular complexity index is 411. The van der Waals surface area contributed by atoms with Crippen molar-refractivity contribution in [2.24, 2.45) is 13.0 Å². The van der Waals surface area contributed by atoms with Gasteiger partial charge in [0, 0.05) is 13.0 Å². The van der Waals surface area contributed by atoms with Crippen molar-refractivity contribution in [2.45, 2.75) is 6.29 Å². The molecule has 1 N–H and O–H groups in total. The molecule has 0 aliphatic carbocycles. The highest BCUT2D eigenvalue weighted by atomic mass is 16.7. The second-order valence-corrected chi connectivity index (χ2v) is 3.84. The van der Waals surface area contributed by atoms with Gasteiger partial charge in [-0.15, -0.1) is 0 Å². The Kier molecular flexibility index (Phi) is 3.36. The third-order valence-corrected chi connectivity index (χ3v) is 2.61. The van der Waals surface area contributed by atoms with Crippen molar-refractivity contribution in [1.82, 2.24) is 9.78 Å². The second kappa shape index (κ2) is 4.78. The minimum absolute atomic E-state index is 0.0276. The fraction of sp³-hybridized carbons (Fsp3) is 0.667. The van der Waals surface area contributed by atoms with Gasteiger partial charge >= 0.3 is 5.69 Å². The molecule has 0 aromatic carbocycles. The van der Waals surface area contributed by atoms with Crippen LogP contribution in [0, 0.1) is 16.0 Å². The molecule has 8 heteroatoms. The molecule has 1 aromatic heterocycles. The molecule has 0 unspecified atom stereocenters. The van der Waals surface area contributed by atoms with E-state index in [4.69, 9.17) is 14.6 Å². The maximum atomic E-state index is 10.8. The lowest BCUT2D eigenvalue weighted by Gasteiger charge is -2.27. The van der Waals surface area contributed by atoms with Crippen molar-refractivity contribution in [3.05, 3.63) is 22.0 Å². The molecule has 1 aromatic rings. The zero-order valence-corrected chi connectivity index (χ0v) is 9.28. The smallest absolute Gasteiger partial charge is 0.315 e. The van der Waals surface area contributed by atoms with E-state index in [9.17, 15) is 10.1 Å². The van der Waals surface area contributed by atoms with Gasteiger partial charge < -0.3 is 14.6 Å². The van der Waals surface area contributed by atoms with Crippen molar-refractivity contribution in [3.63, 3.8) is 0 Å². The number of ether oxygens (including phenoxy) is 2. The first-order valence-electron chi connectivity index (χ1n) is 5.13. The molecule has 1 fully saturated rings. The van der Waals surface area contributed by atoms with Crippen LogP contribution in [0.1, 0.15) is 12.0 Å². The van der Waals surface area contributed by atoms with Gasteiger partial charge in [0.15, 0.2) is 5.69 Å². The number of hydrogen-bond donors (Lipinski definition) is 1. The molecular formula is C9H13N3O5. The fourth-order valence-corrected chi connectivity index (χ4v) is 1.66. The summed E-state index contributed by atoms with van der Waals surface area (Å²) in [7, 11) is 1.59.